The molecule has 2 aromatic rings. The second kappa shape index (κ2) is 6.35. The normalized spacial score (nSPS) is 12.4. The molecule has 0 spiro atoms. The Morgan fingerprint density at radius 1 is 1.16 bits per heavy atom. The summed E-state index contributed by atoms with van der Waals surface area (Å²) in [5.74, 6) is -0.567. The third-order valence-electron chi connectivity index (χ3n) is 2.54. The Morgan fingerprint density at radius 3 is 2.63 bits per heavy atom. The van der Waals surface area contributed by atoms with Gasteiger partial charge in [-0.15, -0.1) is 0 Å². The molecular formula is C14H10Cl2FO2. The van der Waals surface area contributed by atoms with E-state index >= 15 is 0 Å². The lowest BCUT2D eigenvalue weighted by atomic mass is 10.2. The first-order valence-electron chi connectivity index (χ1n) is 5.53. The lowest BCUT2D eigenvalue weighted by Gasteiger charge is -2.11. The van der Waals surface area contributed by atoms with E-state index in [-0.39, 0.29) is 17.2 Å². The Labute approximate surface area is 120 Å². The zero-order valence-corrected chi connectivity index (χ0v) is 11.3. The molecule has 99 valence electrons. The van der Waals surface area contributed by atoms with Crippen molar-refractivity contribution in [3.63, 3.8) is 0 Å². The van der Waals surface area contributed by atoms with Crippen LogP contribution < -0.4 is 0 Å². The van der Waals surface area contributed by atoms with Gasteiger partial charge in [0.1, 0.15) is 5.82 Å². The molecule has 0 saturated carbocycles. The van der Waals surface area contributed by atoms with Crippen molar-refractivity contribution in [3.05, 3.63) is 69.5 Å². The van der Waals surface area contributed by atoms with Crippen LogP contribution in [0.5, 0.6) is 0 Å². The van der Waals surface area contributed by atoms with Gasteiger partial charge in [0.05, 0.1) is 11.6 Å². The summed E-state index contributed by atoms with van der Waals surface area (Å²) in [4.78, 5) is 0. The predicted molar refractivity (Wildman–Crippen MR) is 71.1 cm³/mol. The average Bonchev–Trinajstić information content (AvgIpc) is 2.40. The molecule has 0 N–H and O–H groups in total. The summed E-state index contributed by atoms with van der Waals surface area (Å²) < 4.78 is 18.7. The Hall–Kier alpha value is -1.13. The van der Waals surface area contributed by atoms with Gasteiger partial charge in [-0.2, -0.15) is 5.11 Å². The second-order valence-corrected chi connectivity index (χ2v) is 4.75. The maximum absolute atomic E-state index is 13.6. The standard InChI is InChI=1S/C14H10Cl2FO2/c15-11-5-1-3-9(7-11)14(18)19-8-10-4-2-6-12(16)13(10)17/h1-7,14H,8H2. The van der Waals surface area contributed by atoms with E-state index in [1.165, 1.54) is 18.2 Å². The number of hydrogen-bond acceptors (Lipinski definition) is 1. The Kier molecular flexibility index (Phi) is 4.77. The van der Waals surface area contributed by atoms with E-state index in [9.17, 15) is 9.50 Å². The van der Waals surface area contributed by atoms with Crippen LogP contribution in [-0.2, 0) is 16.5 Å². The van der Waals surface area contributed by atoms with E-state index in [1.54, 1.807) is 24.3 Å². The number of rotatable bonds is 4. The Bertz CT molecular complexity index is 575. The van der Waals surface area contributed by atoms with Crippen molar-refractivity contribution in [1.29, 1.82) is 0 Å². The molecule has 0 fully saturated rings. The monoisotopic (exact) mass is 299 g/mol. The molecule has 0 bridgehead atoms. The summed E-state index contributed by atoms with van der Waals surface area (Å²) in [6.07, 6.45) is -1.42. The van der Waals surface area contributed by atoms with Gasteiger partial charge in [0, 0.05) is 16.1 Å². The smallest absolute Gasteiger partial charge is 0.217 e. The minimum absolute atomic E-state index is 0.00584. The first kappa shape index (κ1) is 14.3. The summed E-state index contributed by atoms with van der Waals surface area (Å²) in [5.41, 5.74) is 0.644. The van der Waals surface area contributed by atoms with Gasteiger partial charge in [-0.3, -0.25) is 0 Å². The Balaban J connectivity index is 2.04. The molecule has 0 saturated heterocycles. The molecule has 1 radical (unpaired) electrons. The van der Waals surface area contributed by atoms with Crippen molar-refractivity contribution in [2.24, 2.45) is 0 Å². The highest BCUT2D eigenvalue weighted by Crippen LogP contribution is 2.23. The van der Waals surface area contributed by atoms with Crippen LogP contribution in [0.4, 0.5) is 4.39 Å². The van der Waals surface area contributed by atoms with Gasteiger partial charge in [0.15, 0.2) is 0 Å². The van der Waals surface area contributed by atoms with Crippen LogP contribution in [0.2, 0.25) is 10.0 Å². The van der Waals surface area contributed by atoms with Crippen LogP contribution in [0.3, 0.4) is 0 Å². The third-order valence-corrected chi connectivity index (χ3v) is 3.07. The highest BCUT2D eigenvalue weighted by molar-refractivity contribution is 6.31. The van der Waals surface area contributed by atoms with E-state index in [2.05, 4.69) is 0 Å². The molecule has 2 rings (SSSR count). The fourth-order valence-electron chi connectivity index (χ4n) is 1.57. The Morgan fingerprint density at radius 2 is 1.89 bits per heavy atom. The minimum Gasteiger partial charge on any atom is -0.341 e. The number of benzene rings is 2. The van der Waals surface area contributed by atoms with E-state index in [4.69, 9.17) is 27.9 Å². The van der Waals surface area contributed by atoms with Crippen molar-refractivity contribution >= 4 is 23.2 Å². The van der Waals surface area contributed by atoms with Crippen LogP contribution in [0.15, 0.2) is 42.5 Å². The van der Waals surface area contributed by atoms with Crippen molar-refractivity contribution in [2.75, 3.05) is 0 Å². The molecule has 5 heteroatoms. The number of hydrogen-bond donors (Lipinski definition) is 0. The quantitative estimate of drug-likeness (QED) is 0.747. The summed E-state index contributed by atoms with van der Waals surface area (Å²) in [7, 11) is 0. The molecule has 0 heterocycles. The van der Waals surface area contributed by atoms with Gasteiger partial charge < -0.3 is 4.74 Å². The molecule has 19 heavy (non-hydrogen) atoms. The average molecular weight is 300 g/mol. The van der Waals surface area contributed by atoms with Crippen LogP contribution in [0, 0.1) is 5.82 Å². The van der Waals surface area contributed by atoms with Crippen molar-refractivity contribution in [2.45, 2.75) is 12.9 Å². The molecule has 0 aromatic heterocycles. The van der Waals surface area contributed by atoms with E-state index < -0.39 is 12.1 Å². The molecule has 0 aliphatic rings. The van der Waals surface area contributed by atoms with Gasteiger partial charge in [0.2, 0.25) is 6.29 Å². The largest absolute Gasteiger partial charge is 0.341 e. The van der Waals surface area contributed by atoms with Crippen LogP contribution in [-0.4, -0.2) is 0 Å². The first-order valence-corrected chi connectivity index (χ1v) is 6.29. The van der Waals surface area contributed by atoms with Gasteiger partial charge in [0.25, 0.3) is 0 Å². The molecule has 1 unspecified atom stereocenters. The molecule has 2 aromatic carbocycles. The van der Waals surface area contributed by atoms with Crippen molar-refractivity contribution in [1.82, 2.24) is 0 Å². The van der Waals surface area contributed by atoms with Crippen molar-refractivity contribution in [3.8, 4) is 0 Å². The van der Waals surface area contributed by atoms with Gasteiger partial charge >= 0.3 is 0 Å². The van der Waals surface area contributed by atoms with Crippen molar-refractivity contribution < 1.29 is 14.2 Å². The summed E-state index contributed by atoms with van der Waals surface area (Å²) >= 11 is 11.4. The summed E-state index contributed by atoms with van der Waals surface area (Å²) in [6.45, 7) is -0.146. The zero-order chi connectivity index (χ0) is 13.8. The fourth-order valence-corrected chi connectivity index (χ4v) is 1.97. The SMILES string of the molecule is [O]C(OCc1cccc(Cl)c1F)c1cccc(Cl)c1. The number of ether oxygens (including phenoxy) is 1. The van der Waals surface area contributed by atoms with Gasteiger partial charge in [-0.1, -0.05) is 47.5 Å². The molecule has 2 nitrogen and oxygen atoms in total. The zero-order valence-electron chi connectivity index (χ0n) is 9.78. The highest BCUT2D eigenvalue weighted by Gasteiger charge is 2.13. The van der Waals surface area contributed by atoms with Crippen LogP contribution >= 0.6 is 23.2 Å². The molecule has 0 aliphatic carbocycles. The van der Waals surface area contributed by atoms with E-state index in [0.29, 0.717) is 10.6 Å². The topological polar surface area (TPSA) is 29.1 Å². The highest BCUT2D eigenvalue weighted by atomic mass is 35.5. The van der Waals surface area contributed by atoms with Crippen LogP contribution in [0.25, 0.3) is 0 Å². The van der Waals surface area contributed by atoms with E-state index in [0.717, 1.165) is 0 Å². The molecular weight excluding hydrogens is 290 g/mol. The lowest BCUT2D eigenvalue weighted by molar-refractivity contribution is -0.152. The van der Waals surface area contributed by atoms with E-state index in [1.807, 2.05) is 0 Å². The summed E-state index contributed by atoms with van der Waals surface area (Å²) in [6, 6.07) is 11.0. The summed E-state index contributed by atoms with van der Waals surface area (Å²) in [5, 5.41) is 12.3. The lowest BCUT2D eigenvalue weighted by Crippen LogP contribution is -2.03. The predicted octanol–water partition coefficient (Wildman–Crippen LogP) is 4.78. The second-order valence-electron chi connectivity index (χ2n) is 3.91. The van der Waals surface area contributed by atoms with Gasteiger partial charge in [-0.05, 0) is 18.2 Å². The third kappa shape index (κ3) is 3.67. The van der Waals surface area contributed by atoms with Gasteiger partial charge in [-0.25, -0.2) is 4.39 Å². The minimum atomic E-state index is -1.42. The maximum atomic E-state index is 13.6. The number of halogens is 3. The molecule has 0 amide bonds. The first-order chi connectivity index (χ1) is 9.08. The van der Waals surface area contributed by atoms with Crippen LogP contribution in [0.1, 0.15) is 17.4 Å². The fraction of sp³-hybridized carbons (Fsp3) is 0.143. The maximum Gasteiger partial charge on any atom is 0.217 e. The molecule has 0 aliphatic heterocycles. The molecule has 1 atom stereocenters.